The van der Waals surface area contributed by atoms with Gasteiger partial charge in [0.2, 0.25) is 0 Å². The maximum atomic E-state index is 8.79. The number of hydrogen-bond donors (Lipinski definition) is 0. The van der Waals surface area contributed by atoms with Crippen LogP contribution in [-0.2, 0) is 0 Å². The molecule has 80 valence electrons. The van der Waals surface area contributed by atoms with Crippen LogP contribution in [-0.4, -0.2) is 13.7 Å². The molecule has 0 atom stereocenters. The zero-order valence-electron chi connectivity index (χ0n) is 8.79. The van der Waals surface area contributed by atoms with Crippen molar-refractivity contribution in [1.82, 2.24) is 0 Å². The molecule has 0 heterocycles. The lowest BCUT2D eigenvalue weighted by atomic mass is 10.1. The second-order valence-corrected chi connectivity index (χ2v) is 2.94. The standard InChI is InChI=1S/C11H10N4O/c1-16-11-4-2-9(3-5-11)6-10(7-12)8-14-15-13/h2-6H,8H2,1H3/b10-6+. The molecule has 0 aliphatic carbocycles. The Labute approximate surface area is 93.2 Å². The van der Waals surface area contributed by atoms with Crippen LogP contribution in [0.5, 0.6) is 5.75 Å². The van der Waals surface area contributed by atoms with E-state index in [9.17, 15) is 0 Å². The number of azide groups is 1. The highest BCUT2D eigenvalue weighted by molar-refractivity contribution is 5.58. The van der Waals surface area contributed by atoms with Crippen LogP contribution in [0.1, 0.15) is 5.56 Å². The van der Waals surface area contributed by atoms with Gasteiger partial charge in [0.1, 0.15) is 5.75 Å². The van der Waals surface area contributed by atoms with Gasteiger partial charge in [-0.2, -0.15) is 5.26 Å². The van der Waals surface area contributed by atoms with E-state index in [1.165, 1.54) is 0 Å². The molecular formula is C11H10N4O. The summed E-state index contributed by atoms with van der Waals surface area (Å²) in [5, 5.41) is 12.1. The maximum absolute atomic E-state index is 8.79. The number of benzene rings is 1. The summed E-state index contributed by atoms with van der Waals surface area (Å²) in [6, 6.07) is 9.23. The normalized spacial score (nSPS) is 10.1. The SMILES string of the molecule is COc1ccc(/C=C(\C#N)CN=[N+]=[N-])cc1. The Morgan fingerprint density at radius 1 is 1.56 bits per heavy atom. The average molecular weight is 214 g/mol. The van der Waals surface area contributed by atoms with Crippen molar-refractivity contribution in [1.29, 1.82) is 5.26 Å². The molecule has 0 aliphatic rings. The van der Waals surface area contributed by atoms with Gasteiger partial charge in [-0.05, 0) is 29.3 Å². The molecule has 0 bridgehead atoms. The van der Waals surface area contributed by atoms with Gasteiger partial charge in [-0.15, -0.1) is 0 Å². The summed E-state index contributed by atoms with van der Waals surface area (Å²) in [4.78, 5) is 2.61. The number of nitriles is 1. The van der Waals surface area contributed by atoms with Gasteiger partial charge in [-0.3, -0.25) is 0 Å². The minimum atomic E-state index is 0.0685. The van der Waals surface area contributed by atoms with E-state index in [-0.39, 0.29) is 6.54 Å². The van der Waals surface area contributed by atoms with E-state index in [0.717, 1.165) is 11.3 Å². The van der Waals surface area contributed by atoms with Crippen LogP contribution in [0.3, 0.4) is 0 Å². The third-order valence-corrected chi connectivity index (χ3v) is 1.90. The first-order chi connectivity index (χ1) is 7.80. The Morgan fingerprint density at radius 2 is 2.25 bits per heavy atom. The largest absolute Gasteiger partial charge is 0.497 e. The number of rotatable bonds is 4. The fourth-order valence-electron chi connectivity index (χ4n) is 1.12. The summed E-state index contributed by atoms with van der Waals surface area (Å²) < 4.78 is 5.01. The highest BCUT2D eigenvalue weighted by Crippen LogP contribution is 2.13. The summed E-state index contributed by atoms with van der Waals surface area (Å²) in [6.45, 7) is 0.0685. The lowest BCUT2D eigenvalue weighted by Gasteiger charge is -1.99. The monoisotopic (exact) mass is 214 g/mol. The van der Waals surface area contributed by atoms with Crippen molar-refractivity contribution in [3.8, 4) is 11.8 Å². The number of nitrogens with zero attached hydrogens (tertiary/aromatic N) is 4. The van der Waals surface area contributed by atoms with Crippen molar-refractivity contribution < 1.29 is 4.74 Å². The Kier molecular flexibility index (Phi) is 4.45. The van der Waals surface area contributed by atoms with Gasteiger partial charge in [0, 0.05) is 10.5 Å². The Morgan fingerprint density at radius 3 is 2.75 bits per heavy atom. The third kappa shape index (κ3) is 3.37. The molecular weight excluding hydrogens is 204 g/mol. The Balaban J connectivity index is 2.87. The molecule has 5 nitrogen and oxygen atoms in total. The molecule has 0 saturated heterocycles. The molecule has 0 aromatic heterocycles. The first-order valence-corrected chi connectivity index (χ1v) is 4.55. The van der Waals surface area contributed by atoms with Crippen LogP contribution in [0.25, 0.3) is 16.5 Å². The summed E-state index contributed by atoms with van der Waals surface area (Å²) >= 11 is 0. The van der Waals surface area contributed by atoms with Crippen LogP contribution >= 0.6 is 0 Å². The number of hydrogen-bond acceptors (Lipinski definition) is 3. The number of methoxy groups -OCH3 is 1. The van der Waals surface area contributed by atoms with E-state index >= 15 is 0 Å². The van der Waals surface area contributed by atoms with Gasteiger partial charge in [0.25, 0.3) is 0 Å². The molecule has 5 heteroatoms. The van der Waals surface area contributed by atoms with E-state index in [1.807, 2.05) is 18.2 Å². The molecule has 0 saturated carbocycles. The number of ether oxygens (including phenoxy) is 1. The molecule has 0 radical (unpaired) electrons. The summed E-state index contributed by atoms with van der Waals surface area (Å²) in [6.07, 6.45) is 1.67. The molecule has 1 aromatic rings. The topological polar surface area (TPSA) is 81.8 Å². The van der Waals surface area contributed by atoms with Gasteiger partial charge in [0.05, 0.1) is 19.7 Å². The van der Waals surface area contributed by atoms with Gasteiger partial charge in [-0.1, -0.05) is 17.2 Å². The zero-order chi connectivity index (χ0) is 11.8. The second kappa shape index (κ2) is 6.12. The van der Waals surface area contributed by atoms with E-state index in [1.54, 1.807) is 25.3 Å². The van der Waals surface area contributed by atoms with Crippen molar-refractivity contribution in [3.63, 3.8) is 0 Å². The average Bonchev–Trinajstić information content (AvgIpc) is 2.35. The fraction of sp³-hybridized carbons (Fsp3) is 0.182. The molecule has 0 N–H and O–H groups in total. The van der Waals surface area contributed by atoms with E-state index < -0.39 is 0 Å². The quantitative estimate of drug-likeness (QED) is 0.334. The molecule has 16 heavy (non-hydrogen) atoms. The summed E-state index contributed by atoms with van der Waals surface area (Å²) in [5.41, 5.74) is 9.44. The predicted octanol–water partition coefficient (Wildman–Crippen LogP) is 2.91. The molecule has 0 unspecified atom stereocenters. The van der Waals surface area contributed by atoms with Crippen LogP contribution in [0.4, 0.5) is 0 Å². The lowest BCUT2D eigenvalue weighted by molar-refractivity contribution is 0.415. The van der Waals surface area contributed by atoms with E-state index in [2.05, 4.69) is 10.0 Å². The molecule has 1 rings (SSSR count). The van der Waals surface area contributed by atoms with Crippen LogP contribution in [0.2, 0.25) is 0 Å². The van der Waals surface area contributed by atoms with Crippen molar-refractivity contribution >= 4 is 6.08 Å². The minimum absolute atomic E-state index is 0.0685. The Bertz CT molecular complexity index is 464. The Hall–Kier alpha value is -2.44. The summed E-state index contributed by atoms with van der Waals surface area (Å²) in [7, 11) is 1.59. The highest BCUT2D eigenvalue weighted by atomic mass is 16.5. The molecule has 0 fully saturated rings. The fourth-order valence-corrected chi connectivity index (χ4v) is 1.12. The van der Waals surface area contributed by atoms with Crippen molar-refractivity contribution in [2.75, 3.05) is 13.7 Å². The predicted molar refractivity (Wildman–Crippen MR) is 60.6 cm³/mol. The highest BCUT2D eigenvalue weighted by Gasteiger charge is 1.95. The third-order valence-electron chi connectivity index (χ3n) is 1.90. The first kappa shape index (κ1) is 11.6. The maximum Gasteiger partial charge on any atom is 0.118 e. The second-order valence-electron chi connectivity index (χ2n) is 2.94. The van der Waals surface area contributed by atoms with Crippen LogP contribution < -0.4 is 4.74 Å². The van der Waals surface area contributed by atoms with Gasteiger partial charge < -0.3 is 4.74 Å². The van der Waals surface area contributed by atoms with Crippen molar-refractivity contribution in [2.24, 2.45) is 5.11 Å². The minimum Gasteiger partial charge on any atom is -0.497 e. The summed E-state index contributed by atoms with van der Waals surface area (Å²) in [5.74, 6) is 0.755. The molecule has 0 aliphatic heterocycles. The van der Waals surface area contributed by atoms with E-state index in [4.69, 9.17) is 15.5 Å². The van der Waals surface area contributed by atoms with Crippen molar-refractivity contribution in [2.45, 2.75) is 0 Å². The zero-order valence-corrected chi connectivity index (χ0v) is 8.79. The van der Waals surface area contributed by atoms with Gasteiger partial charge in [0.15, 0.2) is 0 Å². The molecule has 0 amide bonds. The lowest BCUT2D eigenvalue weighted by Crippen LogP contribution is -1.85. The smallest absolute Gasteiger partial charge is 0.118 e. The molecule has 0 spiro atoms. The van der Waals surface area contributed by atoms with Crippen LogP contribution in [0, 0.1) is 11.3 Å². The van der Waals surface area contributed by atoms with Crippen LogP contribution in [0.15, 0.2) is 35.0 Å². The van der Waals surface area contributed by atoms with Gasteiger partial charge in [-0.25, -0.2) is 0 Å². The van der Waals surface area contributed by atoms with Gasteiger partial charge >= 0.3 is 0 Å². The van der Waals surface area contributed by atoms with E-state index in [0.29, 0.717) is 5.57 Å². The molecule has 1 aromatic carbocycles. The first-order valence-electron chi connectivity index (χ1n) is 4.55. The van der Waals surface area contributed by atoms with Crippen molar-refractivity contribution in [3.05, 3.63) is 45.8 Å².